The van der Waals surface area contributed by atoms with E-state index < -0.39 is 11.4 Å². The number of allylic oxidation sites excluding steroid dienone is 4. The van der Waals surface area contributed by atoms with Gasteiger partial charge in [0, 0.05) is 5.92 Å². The van der Waals surface area contributed by atoms with E-state index in [1.807, 2.05) is 0 Å². The van der Waals surface area contributed by atoms with Crippen molar-refractivity contribution in [2.75, 3.05) is 0 Å². The van der Waals surface area contributed by atoms with E-state index in [2.05, 4.69) is 53.7 Å². The summed E-state index contributed by atoms with van der Waals surface area (Å²) in [6.07, 6.45) is 13.6. The van der Waals surface area contributed by atoms with E-state index in [1.54, 1.807) is 0 Å². The number of aliphatic hydroxyl groups excluding tert-OH is 1. The second-order valence-electron chi connectivity index (χ2n) is 13.6. The van der Waals surface area contributed by atoms with Gasteiger partial charge < -0.3 is 10.2 Å². The number of carboxylic acid groups (broad SMARTS) is 1. The van der Waals surface area contributed by atoms with E-state index in [4.69, 9.17) is 0 Å². The van der Waals surface area contributed by atoms with Crippen LogP contribution in [0.2, 0.25) is 0 Å². The summed E-state index contributed by atoms with van der Waals surface area (Å²) in [5.74, 6) is 0.620. The van der Waals surface area contributed by atoms with E-state index in [0.29, 0.717) is 11.8 Å². The Kier molecular flexibility index (Phi) is 4.78. The van der Waals surface area contributed by atoms with Crippen LogP contribution in [0.4, 0.5) is 0 Å². The molecule has 3 fully saturated rings. The SMILES string of the molecule is CC1=C[C@H]2C3=CC[C@@H]4[C@@]5(C)CC[C@H](O)C(C)(C)[C@@H]5CC[C@@]4(C)[C@]3(C)CC[C@@]2(C(=O)O)CC1. The fourth-order valence-corrected chi connectivity index (χ4v) is 10.0. The van der Waals surface area contributed by atoms with Crippen molar-refractivity contribution in [1.29, 1.82) is 0 Å². The van der Waals surface area contributed by atoms with Crippen LogP contribution in [0.1, 0.15) is 99.3 Å². The normalized spacial score (nSPS) is 51.8. The number of hydrogen-bond donors (Lipinski definition) is 2. The van der Waals surface area contributed by atoms with Gasteiger partial charge in [-0.3, -0.25) is 4.79 Å². The van der Waals surface area contributed by atoms with Crippen LogP contribution in [0.15, 0.2) is 23.3 Å². The molecule has 0 aromatic heterocycles. The summed E-state index contributed by atoms with van der Waals surface area (Å²) in [6, 6.07) is 0. The smallest absolute Gasteiger partial charge is 0.310 e. The van der Waals surface area contributed by atoms with Crippen LogP contribution in [0, 0.1) is 44.8 Å². The molecule has 3 nitrogen and oxygen atoms in total. The quantitative estimate of drug-likeness (QED) is 0.443. The molecule has 3 heteroatoms. The van der Waals surface area contributed by atoms with Gasteiger partial charge in [0.1, 0.15) is 0 Å². The first kappa shape index (κ1) is 22.7. The summed E-state index contributed by atoms with van der Waals surface area (Å²) in [5.41, 5.74) is 2.65. The Labute approximate surface area is 194 Å². The molecular weight excluding hydrogens is 396 g/mol. The lowest BCUT2D eigenvalue weighted by molar-refractivity contribution is -0.202. The van der Waals surface area contributed by atoms with E-state index in [-0.39, 0.29) is 33.7 Å². The summed E-state index contributed by atoms with van der Waals surface area (Å²) in [5, 5.41) is 21.2. The molecule has 0 aromatic rings. The van der Waals surface area contributed by atoms with E-state index in [0.717, 1.165) is 44.9 Å². The van der Waals surface area contributed by atoms with Gasteiger partial charge in [-0.15, -0.1) is 0 Å². The van der Waals surface area contributed by atoms with Crippen molar-refractivity contribution in [1.82, 2.24) is 0 Å². The van der Waals surface area contributed by atoms with Gasteiger partial charge >= 0.3 is 5.97 Å². The molecular formula is C29H44O3. The zero-order valence-corrected chi connectivity index (χ0v) is 21.1. The molecule has 0 unspecified atom stereocenters. The Morgan fingerprint density at radius 3 is 2.38 bits per heavy atom. The van der Waals surface area contributed by atoms with Gasteiger partial charge in [-0.2, -0.15) is 0 Å². The molecule has 178 valence electrons. The minimum atomic E-state index is -0.605. The van der Waals surface area contributed by atoms with Crippen LogP contribution < -0.4 is 0 Å². The van der Waals surface area contributed by atoms with Crippen LogP contribution >= 0.6 is 0 Å². The third-order valence-corrected chi connectivity index (χ3v) is 12.3. The van der Waals surface area contributed by atoms with Gasteiger partial charge in [-0.25, -0.2) is 0 Å². The molecule has 5 rings (SSSR count). The molecule has 2 N–H and O–H groups in total. The second-order valence-corrected chi connectivity index (χ2v) is 13.6. The Bertz CT molecular complexity index is 898. The fourth-order valence-electron chi connectivity index (χ4n) is 10.0. The van der Waals surface area contributed by atoms with Gasteiger partial charge in [0.25, 0.3) is 0 Å². The van der Waals surface area contributed by atoms with Crippen LogP contribution in [-0.4, -0.2) is 22.3 Å². The van der Waals surface area contributed by atoms with Crippen molar-refractivity contribution < 1.29 is 15.0 Å². The Balaban J connectivity index is 1.61. The monoisotopic (exact) mass is 440 g/mol. The number of fused-ring (bicyclic) bond motifs is 7. The highest BCUT2D eigenvalue weighted by Gasteiger charge is 2.68. The first-order chi connectivity index (χ1) is 14.8. The lowest BCUT2D eigenvalue weighted by atomic mass is 9.34. The predicted octanol–water partition coefficient (Wildman–Crippen LogP) is 6.76. The first-order valence-corrected chi connectivity index (χ1v) is 13.1. The summed E-state index contributed by atoms with van der Waals surface area (Å²) in [4.78, 5) is 12.6. The number of rotatable bonds is 1. The molecule has 0 saturated heterocycles. The van der Waals surface area contributed by atoms with Crippen molar-refractivity contribution in [3.05, 3.63) is 23.3 Å². The highest BCUT2D eigenvalue weighted by Crippen LogP contribution is 2.75. The maximum atomic E-state index is 12.6. The number of carboxylic acids is 1. The predicted molar refractivity (Wildman–Crippen MR) is 128 cm³/mol. The number of carbonyl (C=O) groups is 1. The summed E-state index contributed by atoms with van der Waals surface area (Å²) in [7, 11) is 0. The van der Waals surface area contributed by atoms with Crippen LogP contribution in [-0.2, 0) is 4.79 Å². The van der Waals surface area contributed by atoms with Gasteiger partial charge in [-0.1, -0.05) is 57.9 Å². The lowest BCUT2D eigenvalue weighted by Crippen LogP contribution is -2.64. The van der Waals surface area contributed by atoms with Crippen molar-refractivity contribution in [2.45, 2.75) is 105 Å². The summed E-state index contributed by atoms with van der Waals surface area (Å²) < 4.78 is 0. The minimum absolute atomic E-state index is 0.0343. The third kappa shape index (κ3) is 2.55. The maximum Gasteiger partial charge on any atom is 0.310 e. The fraction of sp³-hybridized carbons (Fsp3) is 0.828. The molecule has 0 amide bonds. The van der Waals surface area contributed by atoms with E-state index >= 15 is 0 Å². The zero-order valence-electron chi connectivity index (χ0n) is 21.1. The highest BCUT2D eigenvalue weighted by atomic mass is 16.4. The van der Waals surface area contributed by atoms with Crippen LogP contribution in [0.5, 0.6) is 0 Å². The molecule has 5 aliphatic carbocycles. The van der Waals surface area contributed by atoms with Crippen molar-refractivity contribution in [2.24, 2.45) is 44.8 Å². The van der Waals surface area contributed by atoms with Gasteiger partial charge in [0.15, 0.2) is 0 Å². The summed E-state index contributed by atoms with van der Waals surface area (Å²) >= 11 is 0. The first-order valence-electron chi connectivity index (χ1n) is 13.1. The van der Waals surface area contributed by atoms with Crippen molar-refractivity contribution in [3.63, 3.8) is 0 Å². The highest BCUT2D eigenvalue weighted by molar-refractivity contribution is 5.77. The standard InChI is InChI=1S/C29H44O3/c1-18-9-14-29(24(31)32)16-15-27(5)19(20(29)17-18)7-8-22-26(4)12-11-23(30)25(2,3)21(26)10-13-28(22,27)6/h7,17,20-23,30H,8-16H2,1-6H3,(H,31,32)/t20-,21-,22+,23-,26-,27+,28+,29-/m0/s1. The molecule has 3 saturated carbocycles. The average Bonchev–Trinajstić information content (AvgIpc) is 2.71. The molecule has 0 heterocycles. The molecule has 0 bridgehead atoms. The maximum absolute atomic E-state index is 12.6. The van der Waals surface area contributed by atoms with E-state index in [9.17, 15) is 15.0 Å². The van der Waals surface area contributed by atoms with Gasteiger partial charge in [-0.05, 0) is 98.2 Å². The molecule has 5 aliphatic rings. The Morgan fingerprint density at radius 2 is 1.69 bits per heavy atom. The minimum Gasteiger partial charge on any atom is -0.481 e. The molecule has 0 aliphatic heterocycles. The van der Waals surface area contributed by atoms with Gasteiger partial charge in [0.2, 0.25) is 0 Å². The lowest BCUT2D eigenvalue weighted by Gasteiger charge is -2.70. The molecule has 0 radical (unpaired) electrons. The number of aliphatic hydroxyl groups is 1. The topological polar surface area (TPSA) is 57.5 Å². The third-order valence-electron chi connectivity index (χ3n) is 12.3. The van der Waals surface area contributed by atoms with Crippen LogP contribution in [0.3, 0.4) is 0 Å². The second kappa shape index (κ2) is 6.74. The van der Waals surface area contributed by atoms with Gasteiger partial charge in [0.05, 0.1) is 11.5 Å². The van der Waals surface area contributed by atoms with E-state index in [1.165, 1.54) is 24.0 Å². The molecule has 8 atom stereocenters. The molecule has 0 spiro atoms. The summed E-state index contributed by atoms with van der Waals surface area (Å²) in [6.45, 7) is 14.4. The number of hydrogen-bond acceptors (Lipinski definition) is 2. The average molecular weight is 441 g/mol. The van der Waals surface area contributed by atoms with Crippen molar-refractivity contribution in [3.8, 4) is 0 Å². The molecule has 0 aromatic carbocycles. The Hall–Kier alpha value is -1.09. The number of aliphatic carboxylic acids is 1. The Morgan fingerprint density at radius 1 is 0.969 bits per heavy atom. The van der Waals surface area contributed by atoms with Crippen LogP contribution in [0.25, 0.3) is 0 Å². The molecule has 32 heavy (non-hydrogen) atoms. The largest absolute Gasteiger partial charge is 0.481 e. The van der Waals surface area contributed by atoms with Crippen molar-refractivity contribution >= 4 is 5.97 Å². The zero-order chi connectivity index (χ0) is 23.3.